The minimum atomic E-state index is -0.722. The van der Waals surface area contributed by atoms with Gasteiger partial charge in [-0.1, -0.05) is 31.5 Å². The molecule has 0 aliphatic carbocycles. The molecule has 0 aromatic heterocycles. The molecule has 0 saturated carbocycles. The highest BCUT2D eigenvalue weighted by Gasteiger charge is 2.25. The van der Waals surface area contributed by atoms with E-state index in [1.165, 1.54) is 22.3 Å². The van der Waals surface area contributed by atoms with Gasteiger partial charge in [0.1, 0.15) is 0 Å². The lowest BCUT2D eigenvalue weighted by molar-refractivity contribution is -0.137. The topological polar surface area (TPSA) is 37.3 Å². The number of benzene rings is 1. The molecule has 2 heteroatoms. The minimum absolute atomic E-state index is 0.0831. The molecule has 0 bridgehead atoms. The van der Waals surface area contributed by atoms with Crippen LogP contribution >= 0.6 is 0 Å². The van der Waals surface area contributed by atoms with E-state index in [1.807, 2.05) is 0 Å². The number of rotatable bonds is 4. The molecule has 1 N–H and O–H groups in total. The molecule has 1 aromatic rings. The van der Waals surface area contributed by atoms with Crippen LogP contribution < -0.4 is 0 Å². The predicted molar refractivity (Wildman–Crippen MR) is 70.5 cm³/mol. The number of hydrogen-bond donors (Lipinski definition) is 1. The summed E-state index contributed by atoms with van der Waals surface area (Å²) < 4.78 is 0. The molecule has 0 radical (unpaired) electrons. The van der Waals surface area contributed by atoms with Gasteiger partial charge in [0.05, 0.1) is 0 Å². The van der Waals surface area contributed by atoms with Gasteiger partial charge in [0, 0.05) is 6.42 Å². The summed E-state index contributed by atoms with van der Waals surface area (Å²) >= 11 is 0. The van der Waals surface area contributed by atoms with Crippen molar-refractivity contribution in [1.29, 1.82) is 0 Å². The standard InChI is InChI=1S/C15H22O2/c1-10-8-11(2)14(12(3)9-10)15(4,5)7-6-13(16)17/h8-9H,6-7H2,1-5H3,(H,16,17). The third-order valence-electron chi connectivity index (χ3n) is 3.32. The Labute approximate surface area is 104 Å². The molecular formula is C15H22O2. The van der Waals surface area contributed by atoms with Gasteiger partial charge in [0.15, 0.2) is 0 Å². The highest BCUT2D eigenvalue weighted by Crippen LogP contribution is 2.34. The molecule has 0 unspecified atom stereocenters. The second-order valence-electron chi connectivity index (χ2n) is 5.55. The molecule has 0 aliphatic rings. The van der Waals surface area contributed by atoms with Gasteiger partial charge in [-0.15, -0.1) is 0 Å². The zero-order valence-electron chi connectivity index (χ0n) is 11.4. The summed E-state index contributed by atoms with van der Waals surface area (Å²) in [6.45, 7) is 10.6. The minimum Gasteiger partial charge on any atom is -0.481 e. The normalized spacial score (nSPS) is 11.6. The smallest absolute Gasteiger partial charge is 0.303 e. The molecule has 17 heavy (non-hydrogen) atoms. The maximum atomic E-state index is 10.7. The summed E-state index contributed by atoms with van der Waals surface area (Å²) in [5, 5.41) is 8.81. The number of carboxylic acid groups (broad SMARTS) is 1. The van der Waals surface area contributed by atoms with Gasteiger partial charge < -0.3 is 5.11 Å². The van der Waals surface area contributed by atoms with E-state index >= 15 is 0 Å². The Hall–Kier alpha value is -1.31. The van der Waals surface area contributed by atoms with E-state index in [9.17, 15) is 4.79 Å². The number of aliphatic carboxylic acids is 1. The molecule has 1 rings (SSSR count). The first-order valence-corrected chi connectivity index (χ1v) is 6.04. The fourth-order valence-corrected chi connectivity index (χ4v) is 2.79. The molecule has 0 amide bonds. The third kappa shape index (κ3) is 3.32. The van der Waals surface area contributed by atoms with Crippen molar-refractivity contribution in [1.82, 2.24) is 0 Å². The average molecular weight is 234 g/mol. The monoisotopic (exact) mass is 234 g/mol. The molecule has 0 spiro atoms. The first-order chi connectivity index (χ1) is 7.74. The predicted octanol–water partition coefficient (Wildman–Crippen LogP) is 3.75. The molecule has 0 fully saturated rings. The van der Waals surface area contributed by atoms with Gasteiger partial charge in [-0.25, -0.2) is 0 Å². The summed E-state index contributed by atoms with van der Waals surface area (Å²) in [6, 6.07) is 4.34. The largest absolute Gasteiger partial charge is 0.481 e. The van der Waals surface area contributed by atoms with E-state index < -0.39 is 5.97 Å². The van der Waals surface area contributed by atoms with E-state index in [4.69, 9.17) is 5.11 Å². The highest BCUT2D eigenvalue weighted by atomic mass is 16.4. The van der Waals surface area contributed by atoms with Crippen LogP contribution in [0.2, 0.25) is 0 Å². The van der Waals surface area contributed by atoms with Crippen LogP contribution in [0.15, 0.2) is 12.1 Å². The molecule has 2 nitrogen and oxygen atoms in total. The van der Waals surface area contributed by atoms with Gasteiger partial charge in [-0.05, 0) is 49.3 Å². The summed E-state index contributed by atoms with van der Waals surface area (Å²) in [4.78, 5) is 10.7. The Morgan fingerprint density at radius 1 is 1.18 bits per heavy atom. The average Bonchev–Trinajstić information content (AvgIpc) is 2.12. The fourth-order valence-electron chi connectivity index (χ4n) is 2.79. The zero-order chi connectivity index (χ0) is 13.2. The van der Waals surface area contributed by atoms with Crippen LogP contribution in [0.1, 0.15) is 48.9 Å². The molecule has 0 atom stereocenters. The van der Waals surface area contributed by atoms with Crippen LogP contribution in [0.25, 0.3) is 0 Å². The maximum absolute atomic E-state index is 10.7. The van der Waals surface area contributed by atoms with E-state index in [-0.39, 0.29) is 11.8 Å². The number of carboxylic acids is 1. The Bertz CT molecular complexity index is 408. The van der Waals surface area contributed by atoms with Gasteiger partial charge in [-0.3, -0.25) is 4.79 Å². The summed E-state index contributed by atoms with van der Waals surface area (Å²) in [5.41, 5.74) is 5.00. The maximum Gasteiger partial charge on any atom is 0.303 e. The van der Waals surface area contributed by atoms with Crippen molar-refractivity contribution in [3.63, 3.8) is 0 Å². The van der Waals surface area contributed by atoms with Gasteiger partial charge >= 0.3 is 5.97 Å². The van der Waals surface area contributed by atoms with Crippen molar-refractivity contribution in [2.24, 2.45) is 0 Å². The van der Waals surface area contributed by atoms with Crippen LogP contribution in [0.3, 0.4) is 0 Å². The van der Waals surface area contributed by atoms with Gasteiger partial charge in [-0.2, -0.15) is 0 Å². The second kappa shape index (κ2) is 4.91. The fraction of sp³-hybridized carbons (Fsp3) is 0.533. The van der Waals surface area contributed by atoms with E-state index in [0.29, 0.717) is 6.42 Å². The zero-order valence-corrected chi connectivity index (χ0v) is 11.4. The Morgan fingerprint density at radius 2 is 1.65 bits per heavy atom. The molecular weight excluding hydrogens is 212 g/mol. The Kier molecular flexibility index (Phi) is 3.97. The SMILES string of the molecule is Cc1cc(C)c(C(C)(C)CCC(=O)O)c(C)c1. The number of carbonyl (C=O) groups is 1. The molecule has 94 valence electrons. The lowest BCUT2D eigenvalue weighted by atomic mass is 9.76. The van der Waals surface area contributed by atoms with E-state index in [2.05, 4.69) is 46.8 Å². The first-order valence-electron chi connectivity index (χ1n) is 6.04. The Balaban J connectivity index is 3.09. The van der Waals surface area contributed by atoms with Crippen LogP contribution in [0, 0.1) is 20.8 Å². The van der Waals surface area contributed by atoms with E-state index in [0.717, 1.165) is 0 Å². The lowest BCUT2D eigenvalue weighted by Crippen LogP contribution is -2.21. The van der Waals surface area contributed by atoms with Crippen LogP contribution in [-0.2, 0) is 10.2 Å². The number of aryl methyl sites for hydroxylation is 3. The third-order valence-corrected chi connectivity index (χ3v) is 3.32. The van der Waals surface area contributed by atoms with Crippen molar-refractivity contribution < 1.29 is 9.90 Å². The first kappa shape index (κ1) is 13.8. The molecule has 0 saturated heterocycles. The van der Waals surface area contributed by atoms with Crippen LogP contribution in [0.4, 0.5) is 0 Å². The van der Waals surface area contributed by atoms with Crippen molar-refractivity contribution in [2.75, 3.05) is 0 Å². The lowest BCUT2D eigenvalue weighted by Gasteiger charge is -2.29. The van der Waals surface area contributed by atoms with Gasteiger partial charge in [0.25, 0.3) is 0 Å². The molecule has 0 aliphatic heterocycles. The summed E-state index contributed by atoms with van der Waals surface area (Å²) in [6.07, 6.45) is 0.896. The van der Waals surface area contributed by atoms with Crippen molar-refractivity contribution >= 4 is 5.97 Å². The van der Waals surface area contributed by atoms with Crippen molar-refractivity contribution in [2.45, 2.75) is 52.9 Å². The Morgan fingerprint density at radius 3 is 2.06 bits per heavy atom. The van der Waals surface area contributed by atoms with Gasteiger partial charge in [0.2, 0.25) is 0 Å². The summed E-state index contributed by atoms with van der Waals surface area (Å²) in [7, 11) is 0. The second-order valence-corrected chi connectivity index (χ2v) is 5.55. The van der Waals surface area contributed by atoms with Crippen LogP contribution in [-0.4, -0.2) is 11.1 Å². The quantitative estimate of drug-likeness (QED) is 0.861. The van der Waals surface area contributed by atoms with Crippen molar-refractivity contribution in [3.05, 3.63) is 34.4 Å². The summed E-state index contributed by atoms with van der Waals surface area (Å²) in [5.74, 6) is -0.722. The number of hydrogen-bond acceptors (Lipinski definition) is 1. The highest BCUT2D eigenvalue weighted by molar-refractivity contribution is 5.67. The molecule has 1 aromatic carbocycles. The van der Waals surface area contributed by atoms with E-state index in [1.54, 1.807) is 0 Å². The van der Waals surface area contributed by atoms with Crippen LogP contribution in [0.5, 0.6) is 0 Å². The molecule has 0 heterocycles. The van der Waals surface area contributed by atoms with Crippen molar-refractivity contribution in [3.8, 4) is 0 Å².